The van der Waals surface area contributed by atoms with E-state index in [1.54, 1.807) is 12.3 Å². The van der Waals surface area contributed by atoms with Crippen molar-refractivity contribution in [3.63, 3.8) is 0 Å². The van der Waals surface area contributed by atoms with Gasteiger partial charge in [-0.25, -0.2) is 4.79 Å². The summed E-state index contributed by atoms with van der Waals surface area (Å²) in [6, 6.07) is 9.00. The van der Waals surface area contributed by atoms with Gasteiger partial charge in [-0.15, -0.1) is 0 Å². The van der Waals surface area contributed by atoms with Crippen LogP contribution in [0.2, 0.25) is 0 Å². The minimum Gasteiger partial charge on any atom is -0.487 e. The lowest BCUT2D eigenvalue weighted by Gasteiger charge is -2.09. The molecule has 0 bridgehead atoms. The number of hydrogen-bond acceptors (Lipinski definition) is 3. The van der Waals surface area contributed by atoms with Crippen molar-refractivity contribution in [3.05, 3.63) is 58.9 Å². The number of benzene rings is 1. The van der Waals surface area contributed by atoms with E-state index < -0.39 is 5.97 Å². The zero-order valence-electron chi connectivity index (χ0n) is 10.9. The Kier molecular flexibility index (Phi) is 3.80. The van der Waals surface area contributed by atoms with E-state index >= 15 is 0 Å². The van der Waals surface area contributed by atoms with Crippen LogP contribution in [0.4, 0.5) is 0 Å². The van der Waals surface area contributed by atoms with Crippen LogP contribution in [-0.2, 0) is 6.61 Å². The number of aromatic carboxylic acids is 1. The normalized spacial score (nSPS) is 10.2. The van der Waals surface area contributed by atoms with Gasteiger partial charge in [0.15, 0.2) is 0 Å². The van der Waals surface area contributed by atoms with Crippen LogP contribution in [-0.4, -0.2) is 16.1 Å². The van der Waals surface area contributed by atoms with Gasteiger partial charge in [-0.3, -0.25) is 4.98 Å². The predicted octanol–water partition coefficient (Wildman–Crippen LogP) is 2.98. The van der Waals surface area contributed by atoms with Gasteiger partial charge >= 0.3 is 5.97 Å². The number of carboxylic acid groups (broad SMARTS) is 1. The number of nitrogens with zero attached hydrogens (tertiary/aromatic N) is 1. The van der Waals surface area contributed by atoms with Gasteiger partial charge in [0.25, 0.3) is 0 Å². The average Bonchev–Trinajstić information content (AvgIpc) is 2.35. The Morgan fingerprint density at radius 2 is 1.95 bits per heavy atom. The first-order valence-corrected chi connectivity index (χ1v) is 5.94. The summed E-state index contributed by atoms with van der Waals surface area (Å²) in [6.07, 6.45) is 1.56. The highest BCUT2D eigenvalue weighted by atomic mass is 16.5. The van der Waals surface area contributed by atoms with E-state index in [9.17, 15) is 4.79 Å². The van der Waals surface area contributed by atoms with Crippen LogP contribution in [0.3, 0.4) is 0 Å². The molecule has 0 aliphatic rings. The van der Waals surface area contributed by atoms with Crippen LogP contribution in [0.1, 0.15) is 27.2 Å². The molecule has 1 N–H and O–H groups in total. The number of carbonyl (C=O) groups is 1. The molecule has 0 aliphatic carbocycles. The highest BCUT2D eigenvalue weighted by Gasteiger charge is 2.11. The molecular weight excluding hydrogens is 242 g/mol. The summed E-state index contributed by atoms with van der Waals surface area (Å²) in [4.78, 5) is 15.1. The van der Waals surface area contributed by atoms with E-state index in [-0.39, 0.29) is 12.2 Å². The summed E-state index contributed by atoms with van der Waals surface area (Å²) < 4.78 is 5.62. The van der Waals surface area contributed by atoms with Gasteiger partial charge in [-0.1, -0.05) is 6.07 Å². The molecule has 1 heterocycles. The van der Waals surface area contributed by atoms with E-state index in [0.29, 0.717) is 5.69 Å². The van der Waals surface area contributed by atoms with Crippen molar-refractivity contribution in [1.82, 2.24) is 4.98 Å². The first-order valence-electron chi connectivity index (χ1n) is 5.94. The monoisotopic (exact) mass is 257 g/mol. The molecule has 0 saturated carbocycles. The second-order valence-corrected chi connectivity index (χ2v) is 4.41. The van der Waals surface area contributed by atoms with Crippen LogP contribution in [0.5, 0.6) is 5.75 Å². The van der Waals surface area contributed by atoms with Gasteiger partial charge in [0.05, 0.1) is 11.3 Å². The molecule has 0 spiro atoms. The number of pyridine rings is 1. The van der Waals surface area contributed by atoms with E-state index in [4.69, 9.17) is 9.84 Å². The molecule has 19 heavy (non-hydrogen) atoms. The molecule has 1 aromatic carbocycles. The Labute approximate surface area is 111 Å². The number of aryl methyl sites for hydroxylation is 2. The third-order valence-electron chi connectivity index (χ3n) is 2.69. The van der Waals surface area contributed by atoms with Gasteiger partial charge in [-0.05, 0) is 49.2 Å². The van der Waals surface area contributed by atoms with Gasteiger partial charge < -0.3 is 9.84 Å². The molecule has 4 heteroatoms. The maximum Gasteiger partial charge on any atom is 0.337 e. The van der Waals surface area contributed by atoms with Gasteiger partial charge in [0.2, 0.25) is 0 Å². The van der Waals surface area contributed by atoms with Crippen molar-refractivity contribution in [3.8, 4) is 5.75 Å². The smallest absolute Gasteiger partial charge is 0.337 e. The molecule has 0 radical (unpaired) electrons. The Morgan fingerprint density at radius 3 is 2.58 bits per heavy atom. The molecular formula is C15H15NO3. The summed E-state index contributed by atoms with van der Waals surface area (Å²) in [7, 11) is 0. The van der Waals surface area contributed by atoms with Crippen LogP contribution in [0, 0.1) is 13.8 Å². The van der Waals surface area contributed by atoms with Crippen molar-refractivity contribution in [1.29, 1.82) is 0 Å². The molecule has 2 aromatic rings. The van der Waals surface area contributed by atoms with Gasteiger partial charge in [-0.2, -0.15) is 0 Å². The Hall–Kier alpha value is -2.36. The van der Waals surface area contributed by atoms with Crippen LogP contribution in [0.15, 0.2) is 36.5 Å². The lowest BCUT2D eigenvalue weighted by molar-refractivity contribution is 0.0693. The van der Waals surface area contributed by atoms with Crippen LogP contribution >= 0.6 is 0 Å². The summed E-state index contributed by atoms with van der Waals surface area (Å²) in [6.45, 7) is 4.12. The lowest BCUT2D eigenvalue weighted by Crippen LogP contribution is -2.07. The number of carboxylic acids is 1. The maximum absolute atomic E-state index is 11.0. The first kappa shape index (κ1) is 13.1. The van der Waals surface area contributed by atoms with Crippen molar-refractivity contribution < 1.29 is 14.6 Å². The highest BCUT2D eigenvalue weighted by molar-refractivity contribution is 5.88. The number of aromatic nitrogens is 1. The number of hydrogen-bond donors (Lipinski definition) is 1. The third-order valence-corrected chi connectivity index (χ3v) is 2.69. The molecule has 98 valence electrons. The largest absolute Gasteiger partial charge is 0.487 e. The van der Waals surface area contributed by atoms with Crippen LogP contribution in [0.25, 0.3) is 0 Å². The predicted molar refractivity (Wildman–Crippen MR) is 71.4 cm³/mol. The number of ether oxygens (including phenoxy) is 1. The topological polar surface area (TPSA) is 59.4 Å². The molecule has 0 fully saturated rings. The lowest BCUT2D eigenvalue weighted by atomic mass is 10.1. The fraction of sp³-hybridized carbons (Fsp3) is 0.200. The molecule has 0 amide bonds. The van der Waals surface area contributed by atoms with Gasteiger partial charge in [0.1, 0.15) is 12.4 Å². The minimum absolute atomic E-state index is 0.144. The first-order chi connectivity index (χ1) is 9.06. The fourth-order valence-corrected chi connectivity index (χ4v) is 1.92. The molecule has 0 unspecified atom stereocenters. The SMILES string of the molecule is Cc1cc(C)cc(OCc2ncccc2C(=O)O)c1. The molecule has 0 atom stereocenters. The Morgan fingerprint density at radius 1 is 1.26 bits per heavy atom. The average molecular weight is 257 g/mol. The highest BCUT2D eigenvalue weighted by Crippen LogP contribution is 2.18. The molecule has 0 aliphatic heterocycles. The zero-order valence-corrected chi connectivity index (χ0v) is 10.9. The molecule has 1 aromatic heterocycles. The van der Waals surface area contributed by atoms with Crippen LogP contribution < -0.4 is 4.74 Å². The Balaban J connectivity index is 2.16. The maximum atomic E-state index is 11.0. The fourth-order valence-electron chi connectivity index (χ4n) is 1.92. The van der Waals surface area contributed by atoms with Crippen molar-refractivity contribution in [2.24, 2.45) is 0 Å². The molecule has 0 saturated heterocycles. The third kappa shape index (κ3) is 3.31. The van der Waals surface area contributed by atoms with Crippen molar-refractivity contribution >= 4 is 5.97 Å². The quantitative estimate of drug-likeness (QED) is 0.914. The standard InChI is InChI=1S/C15H15NO3/c1-10-6-11(2)8-12(7-10)19-9-14-13(15(17)18)4-3-5-16-14/h3-8H,9H2,1-2H3,(H,17,18). The zero-order chi connectivity index (χ0) is 13.8. The second kappa shape index (κ2) is 5.52. The molecule has 2 rings (SSSR count). The van der Waals surface area contributed by atoms with E-state index in [1.807, 2.05) is 26.0 Å². The summed E-state index contributed by atoms with van der Waals surface area (Å²) >= 11 is 0. The Bertz CT molecular complexity index is 588. The second-order valence-electron chi connectivity index (χ2n) is 4.41. The molecule has 4 nitrogen and oxygen atoms in total. The van der Waals surface area contributed by atoms with E-state index in [0.717, 1.165) is 16.9 Å². The van der Waals surface area contributed by atoms with Crippen molar-refractivity contribution in [2.75, 3.05) is 0 Å². The van der Waals surface area contributed by atoms with E-state index in [1.165, 1.54) is 6.07 Å². The number of rotatable bonds is 4. The van der Waals surface area contributed by atoms with Crippen molar-refractivity contribution in [2.45, 2.75) is 20.5 Å². The summed E-state index contributed by atoms with van der Waals surface area (Å²) in [5.41, 5.74) is 2.81. The summed E-state index contributed by atoms with van der Waals surface area (Å²) in [5.74, 6) is -0.272. The van der Waals surface area contributed by atoms with E-state index in [2.05, 4.69) is 11.1 Å². The minimum atomic E-state index is -0.993. The summed E-state index contributed by atoms with van der Waals surface area (Å²) in [5, 5.41) is 9.06. The van der Waals surface area contributed by atoms with Gasteiger partial charge in [0, 0.05) is 6.20 Å².